The van der Waals surface area contributed by atoms with E-state index in [2.05, 4.69) is 4.37 Å². The van der Waals surface area contributed by atoms with Crippen molar-refractivity contribution in [2.75, 3.05) is 5.73 Å². The zero-order valence-electron chi connectivity index (χ0n) is 9.31. The highest BCUT2D eigenvalue weighted by atomic mass is 32.1. The maximum atomic E-state index is 12.5. The molecule has 1 aromatic heterocycles. The van der Waals surface area contributed by atoms with Crippen molar-refractivity contribution in [2.45, 2.75) is 0 Å². The molecular formula is C14H8N2OS. The molecule has 0 saturated carbocycles. The molecule has 86 valence electrons. The normalized spacial score (nSPS) is 12.8. The van der Waals surface area contributed by atoms with E-state index in [-0.39, 0.29) is 5.78 Å². The summed E-state index contributed by atoms with van der Waals surface area (Å²) < 4.78 is 5.49. The van der Waals surface area contributed by atoms with Gasteiger partial charge in [-0.15, -0.1) is 0 Å². The smallest absolute Gasteiger partial charge is 0.196 e. The highest BCUT2D eigenvalue weighted by Crippen LogP contribution is 2.42. The van der Waals surface area contributed by atoms with Crippen LogP contribution in [0.3, 0.4) is 0 Å². The van der Waals surface area contributed by atoms with E-state index in [9.17, 15) is 4.79 Å². The largest absolute Gasteiger partial charge is 0.398 e. The van der Waals surface area contributed by atoms with Gasteiger partial charge in [0.1, 0.15) is 0 Å². The molecule has 1 heterocycles. The Morgan fingerprint density at radius 2 is 1.83 bits per heavy atom. The summed E-state index contributed by atoms with van der Waals surface area (Å²) in [5, 5.41) is 0.906. The minimum atomic E-state index is 0.00130. The first-order chi connectivity index (χ1) is 8.77. The van der Waals surface area contributed by atoms with Gasteiger partial charge >= 0.3 is 0 Å². The number of ketones is 1. The van der Waals surface area contributed by atoms with Gasteiger partial charge < -0.3 is 5.73 Å². The molecule has 3 aromatic rings. The predicted molar refractivity (Wildman–Crippen MR) is 72.9 cm³/mol. The van der Waals surface area contributed by atoms with E-state index in [1.165, 1.54) is 11.5 Å². The number of nitrogen functional groups attached to an aromatic ring is 1. The Hall–Kier alpha value is -2.20. The van der Waals surface area contributed by atoms with Crippen LogP contribution in [0.5, 0.6) is 0 Å². The van der Waals surface area contributed by atoms with Crippen LogP contribution in [-0.2, 0) is 0 Å². The fourth-order valence-electron chi connectivity index (χ4n) is 2.50. The van der Waals surface area contributed by atoms with Crippen LogP contribution in [0.2, 0.25) is 0 Å². The number of rotatable bonds is 0. The number of carbonyl (C=O) groups excluding carboxylic acids is 1. The molecule has 0 aliphatic heterocycles. The predicted octanol–water partition coefficient (Wildman–Crippen LogP) is 3.09. The van der Waals surface area contributed by atoms with Gasteiger partial charge in [0.05, 0.1) is 16.0 Å². The highest BCUT2D eigenvalue weighted by Gasteiger charge is 2.28. The molecule has 0 atom stereocenters. The molecule has 18 heavy (non-hydrogen) atoms. The third-order valence-electron chi connectivity index (χ3n) is 3.33. The van der Waals surface area contributed by atoms with Crippen molar-refractivity contribution in [3.05, 3.63) is 47.5 Å². The van der Waals surface area contributed by atoms with Crippen molar-refractivity contribution in [3.8, 4) is 11.3 Å². The van der Waals surface area contributed by atoms with Gasteiger partial charge in [0, 0.05) is 22.2 Å². The molecular weight excluding hydrogens is 244 g/mol. The second kappa shape index (κ2) is 3.17. The summed E-state index contributed by atoms with van der Waals surface area (Å²) in [6, 6.07) is 11.3. The summed E-state index contributed by atoms with van der Waals surface area (Å²) >= 11 is 1.41. The number of aromatic nitrogens is 1. The molecule has 1 aliphatic carbocycles. The number of hydrogen-bond donors (Lipinski definition) is 1. The van der Waals surface area contributed by atoms with Crippen molar-refractivity contribution in [3.63, 3.8) is 0 Å². The Kier molecular flexibility index (Phi) is 1.73. The molecule has 4 heteroatoms. The van der Waals surface area contributed by atoms with Crippen LogP contribution < -0.4 is 5.73 Å². The molecule has 0 fully saturated rings. The lowest BCUT2D eigenvalue weighted by atomic mass is 9.87. The van der Waals surface area contributed by atoms with Crippen molar-refractivity contribution in [1.82, 2.24) is 4.37 Å². The molecule has 4 rings (SSSR count). The van der Waals surface area contributed by atoms with Gasteiger partial charge in [-0.3, -0.25) is 4.79 Å². The highest BCUT2D eigenvalue weighted by molar-refractivity contribution is 7.13. The van der Waals surface area contributed by atoms with E-state index in [0.29, 0.717) is 16.8 Å². The van der Waals surface area contributed by atoms with E-state index in [0.717, 1.165) is 21.3 Å². The minimum Gasteiger partial charge on any atom is -0.398 e. The molecule has 0 spiro atoms. The van der Waals surface area contributed by atoms with E-state index < -0.39 is 0 Å². The first-order valence-electron chi connectivity index (χ1n) is 5.59. The van der Waals surface area contributed by atoms with E-state index in [4.69, 9.17) is 5.73 Å². The zero-order chi connectivity index (χ0) is 12.3. The average molecular weight is 252 g/mol. The summed E-state index contributed by atoms with van der Waals surface area (Å²) in [6.07, 6.45) is 0. The molecule has 2 aromatic carbocycles. The number of nitrogens with two attached hydrogens (primary N) is 1. The fourth-order valence-corrected chi connectivity index (χ4v) is 3.30. The van der Waals surface area contributed by atoms with Gasteiger partial charge in [-0.2, -0.15) is 4.37 Å². The van der Waals surface area contributed by atoms with Crippen LogP contribution in [0.15, 0.2) is 36.4 Å². The van der Waals surface area contributed by atoms with Gasteiger partial charge in [-0.05, 0) is 23.7 Å². The third-order valence-corrected chi connectivity index (χ3v) is 4.14. The molecule has 0 unspecified atom stereocenters. The number of fused-ring (bicyclic) bond motifs is 2. The van der Waals surface area contributed by atoms with Gasteiger partial charge in [0.25, 0.3) is 0 Å². The second-order valence-corrected chi connectivity index (χ2v) is 5.11. The van der Waals surface area contributed by atoms with E-state index >= 15 is 0 Å². The topological polar surface area (TPSA) is 56.0 Å². The Balaban J connectivity index is 2.28. The lowest BCUT2D eigenvalue weighted by molar-refractivity contribution is 0.104. The number of benzene rings is 2. The first kappa shape index (κ1) is 9.79. The lowest BCUT2D eigenvalue weighted by Crippen LogP contribution is -2.11. The quantitative estimate of drug-likeness (QED) is 0.489. The van der Waals surface area contributed by atoms with Gasteiger partial charge in [0.2, 0.25) is 0 Å². The van der Waals surface area contributed by atoms with E-state index in [1.54, 1.807) is 6.07 Å². The van der Waals surface area contributed by atoms with Crippen LogP contribution in [0.25, 0.3) is 21.3 Å². The number of nitrogens with zero attached hydrogens (tertiary/aromatic N) is 1. The standard InChI is InChI=1S/C14H8N2OS/c15-9-5-6-10-12-11(9)14(17)8-4-2-1-3-7(8)13(12)16-18-10/h1-6H,15H2. The Bertz CT molecular complexity index is 820. The third kappa shape index (κ3) is 1.03. The van der Waals surface area contributed by atoms with Gasteiger partial charge in [0.15, 0.2) is 5.78 Å². The second-order valence-electron chi connectivity index (χ2n) is 4.31. The van der Waals surface area contributed by atoms with Crippen molar-refractivity contribution in [2.24, 2.45) is 0 Å². The Labute approximate surface area is 107 Å². The SMILES string of the molecule is Nc1ccc2snc3c2c1C(=O)c1ccccc1-3. The summed E-state index contributed by atoms with van der Waals surface area (Å²) in [4.78, 5) is 12.5. The zero-order valence-corrected chi connectivity index (χ0v) is 10.1. The van der Waals surface area contributed by atoms with E-state index in [1.807, 2.05) is 30.3 Å². The van der Waals surface area contributed by atoms with Gasteiger partial charge in [-0.25, -0.2) is 0 Å². The number of carbonyl (C=O) groups is 1. The maximum absolute atomic E-state index is 12.5. The lowest BCUT2D eigenvalue weighted by Gasteiger charge is -2.16. The van der Waals surface area contributed by atoms with Gasteiger partial charge in [-0.1, -0.05) is 24.3 Å². The van der Waals surface area contributed by atoms with Crippen molar-refractivity contribution in [1.29, 1.82) is 0 Å². The van der Waals surface area contributed by atoms with Crippen LogP contribution in [0.4, 0.5) is 5.69 Å². The summed E-state index contributed by atoms with van der Waals surface area (Å²) in [6.45, 7) is 0. The molecule has 0 radical (unpaired) electrons. The molecule has 2 N–H and O–H groups in total. The Morgan fingerprint density at radius 1 is 1.06 bits per heavy atom. The molecule has 3 nitrogen and oxygen atoms in total. The molecule has 0 amide bonds. The number of hydrogen-bond acceptors (Lipinski definition) is 4. The van der Waals surface area contributed by atoms with Crippen LogP contribution in [0, 0.1) is 0 Å². The van der Waals surface area contributed by atoms with Crippen molar-refractivity contribution >= 4 is 33.1 Å². The Morgan fingerprint density at radius 3 is 2.67 bits per heavy atom. The van der Waals surface area contributed by atoms with Crippen molar-refractivity contribution < 1.29 is 4.79 Å². The molecule has 0 saturated heterocycles. The summed E-state index contributed by atoms with van der Waals surface area (Å²) in [5.41, 5.74) is 9.58. The molecule has 0 bridgehead atoms. The molecule has 1 aliphatic rings. The minimum absolute atomic E-state index is 0.00130. The summed E-state index contributed by atoms with van der Waals surface area (Å²) in [5.74, 6) is 0.00130. The van der Waals surface area contributed by atoms with Crippen LogP contribution in [-0.4, -0.2) is 10.2 Å². The van der Waals surface area contributed by atoms with Crippen LogP contribution in [0.1, 0.15) is 15.9 Å². The maximum Gasteiger partial charge on any atom is 0.196 e. The first-order valence-corrected chi connectivity index (χ1v) is 6.36. The average Bonchev–Trinajstić information content (AvgIpc) is 2.82. The fraction of sp³-hybridized carbons (Fsp3) is 0. The number of anilines is 1. The van der Waals surface area contributed by atoms with Crippen LogP contribution >= 0.6 is 11.5 Å². The monoisotopic (exact) mass is 252 g/mol. The summed E-state index contributed by atoms with van der Waals surface area (Å²) in [7, 11) is 0.